The van der Waals surface area contributed by atoms with Crippen LogP contribution in [0.15, 0.2) is 47.5 Å². The van der Waals surface area contributed by atoms with Crippen LogP contribution < -0.4 is 0 Å². The van der Waals surface area contributed by atoms with Gasteiger partial charge in [-0.1, -0.05) is 0 Å². The van der Waals surface area contributed by atoms with E-state index in [4.69, 9.17) is 4.42 Å². The number of aromatic amines is 1. The summed E-state index contributed by atoms with van der Waals surface area (Å²) >= 11 is 0. The lowest BCUT2D eigenvalue weighted by molar-refractivity contribution is 0.0646. The first-order valence-electron chi connectivity index (χ1n) is 10.4. The molecule has 6 heterocycles. The molecule has 6 rings (SSSR count). The maximum Gasteiger partial charge on any atom is 0.312 e. The number of aryl methyl sites for hydroxylation is 1. The highest BCUT2D eigenvalue weighted by atomic mass is 19.3. The normalized spacial score (nSPS) is 15.9. The van der Waals surface area contributed by atoms with E-state index in [9.17, 15) is 13.6 Å². The van der Waals surface area contributed by atoms with Gasteiger partial charge in [0.15, 0.2) is 0 Å². The molecule has 1 amide bonds. The zero-order valence-electron chi connectivity index (χ0n) is 17.8. The molecule has 5 aromatic heterocycles. The number of amides is 1. The van der Waals surface area contributed by atoms with E-state index in [2.05, 4.69) is 30.4 Å². The Morgan fingerprint density at radius 3 is 3.00 bits per heavy atom. The van der Waals surface area contributed by atoms with Crippen molar-refractivity contribution in [2.45, 2.75) is 18.9 Å². The van der Waals surface area contributed by atoms with Gasteiger partial charge in [-0.3, -0.25) is 9.48 Å². The fraction of sp³-hybridized carbons (Fsp3) is 0.238. The second-order valence-corrected chi connectivity index (χ2v) is 7.90. The predicted molar refractivity (Wildman–Crippen MR) is 112 cm³/mol. The second-order valence-electron chi connectivity index (χ2n) is 7.90. The molecule has 0 radical (unpaired) electrons. The van der Waals surface area contributed by atoms with Crippen molar-refractivity contribution < 1.29 is 18.0 Å². The molecule has 0 aromatic carbocycles. The van der Waals surface area contributed by atoms with Crippen LogP contribution in [-0.4, -0.2) is 56.9 Å². The van der Waals surface area contributed by atoms with Crippen molar-refractivity contribution in [1.29, 1.82) is 0 Å². The molecule has 1 atom stereocenters. The highest BCUT2D eigenvalue weighted by Crippen LogP contribution is 2.35. The molecule has 1 aliphatic heterocycles. The number of alkyl halides is 2. The van der Waals surface area contributed by atoms with Gasteiger partial charge in [-0.05, 0) is 18.2 Å². The molecule has 1 aliphatic rings. The van der Waals surface area contributed by atoms with Gasteiger partial charge in [-0.15, -0.1) is 10.2 Å². The first kappa shape index (κ1) is 20.2. The van der Waals surface area contributed by atoms with Gasteiger partial charge >= 0.3 is 11.8 Å². The minimum absolute atomic E-state index is 0.143. The average Bonchev–Trinajstić information content (AvgIpc) is 3.62. The zero-order valence-corrected chi connectivity index (χ0v) is 17.8. The minimum atomic E-state index is -2.66. The van der Waals surface area contributed by atoms with E-state index < -0.39 is 18.4 Å². The van der Waals surface area contributed by atoms with Crippen molar-refractivity contribution >= 4 is 11.4 Å². The molecule has 0 fully saturated rings. The lowest BCUT2D eigenvalue weighted by Gasteiger charge is -2.32. The van der Waals surface area contributed by atoms with Gasteiger partial charge in [0.2, 0.25) is 0 Å². The number of imidazole rings is 1. The van der Waals surface area contributed by atoms with Gasteiger partial charge in [0, 0.05) is 43.7 Å². The van der Waals surface area contributed by atoms with Crippen LogP contribution in [0.2, 0.25) is 0 Å². The molecule has 5 aromatic rings. The van der Waals surface area contributed by atoms with Gasteiger partial charge < -0.3 is 14.3 Å². The molecule has 0 saturated carbocycles. The third-order valence-electron chi connectivity index (χ3n) is 5.81. The maximum absolute atomic E-state index is 13.6. The van der Waals surface area contributed by atoms with Crippen molar-refractivity contribution in [3.63, 3.8) is 0 Å². The lowest BCUT2D eigenvalue weighted by Crippen LogP contribution is -2.41. The maximum atomic E-state index is 13.6. The number of rotatable bonds is 4. The van der Waals surface area contributed by atoms with Crippen molar-refractivity contribution in [3.8, 4) is 11.5 Å². The smallest absolute Gasteiger partial charge is 0.312 e. The number of hydrogen-bond donors (Lipinski definition) is 1. The highest BCUT2D eigenvalue weighted by Gasteiger charge is 2.38. The van der Waals surface area contributed by atoms with E-state index in [1.54, 1.807) is 42.7 Å². The average molecular weight is 465 g/mol. The zero-order chi connectivity index (χ0) is 23.4. The third kappa shape index (κ3) is 3.16. The summed E-state index contributed by atoms with van der Waals surface area (Å²) in [6.45, 7) is 0.318. The van der Waals surface area contributed by atoms with E-state index in [1.807, 2.05) is 0 Å². The number of carbonyl (C=O) groups is 1. The first-order valence-corrected chi connectivity index (χ1v) is 10.4. The molecule has 13 heteroatoms. The quantitative estimate of drug-likeness (QED) is 0.433. The van der Waals surface area contributed by atoms with E-state index in [-0.39, 0.29) is 22.9 Å². The van der Waals surface area contributed by atoms with Gasteiger partial charge in [0.05, 0.1) is 35.0 Å². The molecule has 0 spiro atoms. The fourth-order valence-corrected chi connectivity index (χ4v) is 4.25. The van der Waals surface area contributed by atoms with Crippen LogP contribution in [0, 0.1) is 0 Å². The van der Waals surface area contributed by atoms with E-state index in [0.29, 0.717) is 29.9 Å². The summed E-state index contributed by atoms with van der Waals surface area (Å²) in [5, 5.41) is 16.5. The van der Waals surface area contributed by atoms with Crippen LogP contribution in [0.1, 0.15) is 45.8 Å². The fourth-order valence-electron chi connectivity index (χ4n) is 4.25. The molecular formula is C21H17F2N9O2. The number of aromatic nitrogens is 8. The number of fused-ring (bicyclic) bond motifs is 2. The Labute approximate surface area is 190 Å². The Bertz CT molecular complexity index is 1520. The summed E-state index contributed by atoms with van der Waals surface area (Å²) < 4.78 is 35.7. The molecule has 0 aliphatic carbocycles. The van der Waals surface area contributed by atoms with Gasteiger partial charge in [0.1, 0.15) is 6.04 Å². The lowest BCUT2D eigenvalue weighted by atomic mass is 9.99. The van der Waals surface area contributed by atoms with Crippen molar-refractivity contribution in [2.24, 2.45) is 7.05 Å². The number of hydrogen-bond acceptors (Lipinski definition) is 7. The summed E-state index contributed by atoms with van der Waals surface area (Å²) in [6.07, 6.45) is 4.24. The van der Waals surface area contributed by atoms with Crippen LogP contribution >= 0.6 is 0 Å². The van der Waals surface area contributed by atoms with Crippen LogP contribution in [0.5, 0.6) is 0 Å². The summed E-state index contributed by atoms with van der Waals surface area (Å²) in [5.74, 6) is -0.535. The number of H-pyrrole nitrogens is 1. The molecule has 0 saturated heterocycles. The number of nitrogens with zero attached hydrogens (tertiary/aromatic N) is 8. The van der Waals surface area contributed by atoms with Crippen molar-refractivity contribution in [3.05, 3.63) is 71.7 Å². The number of nitrogens with one attached hydrogen (secondary N) is 1. The topological polar surface area (TPSA) is 123 Å². The molecular weight excluding hydrogens is 448 g/mol. The number of pyridine rings is 1. The van der Waals surface area contributed by atoms with Gasteiger partial charge in [0.25, 0.3) is 12.3 Å². The number of halogens is 2. The molecule has 1 unspecified atom stereocenters. The van der Waals surface area contributed by atoms with Crippen molar-refractivity contribution in [2.75, 3.05) is 6.54 Å². The van der Waals surface area contributed by atoms with Crippen LogP contribution in [0.3, 0.4) is 0 Å². The van der Waals surface area contributed by atoms with E-state index in [0.717, 1.165) is 5.69 Å². The minimum Gasteiger partial charge on any atom is -0.412 e. The summed E-state index contributed by atoms with van der Waals surface area (Å²) in [6, 6.07) is 3.70. The molecule has 1 N–H and O–H groups in total. The van der Waals surface area contributed by atoms with Crippen LogP contribution in [0.25, 0.3) is 17.0 Å². The Kier molecular flexibility index (Phi) is 4.50. The molecule has 11 nitrogen and oxygen atoms in total. The highest BCUT2D eigenvalue weighted by molar-refractivity contribution is 5.90. The summed E-state index contributed by atoms with van der Waals surface area (Å²) in [4.78, 5) is 22.5. The van der Waals surface area contributed by atoms with E-state index >= 15 is 0 Å². The van der Waals surface area contributed by atoms with Crippen molar-refractivity contribution in [1.82, 2.24) is 44.5 Å². The Morgan fingerprint density at radius 2 is 2.21 bits per heavy atom. The Hall–Kier alpha value is -4.42. The third-order valence-corrected chi connectivity index (χ3v) is 5.81. The largest absolute Gasteiger partial charge is 0.412 e. The summed E-state index contributed by atoms with van der Waals surface area (Å²) in [7, 11) is 1.75. The predicted octanol–water partition coefficient (Wildman–Crippen LogP) is 2.57. The first-order chi connectivity index (χ1) is 16.5. The number of carbonyl (C=O) groups excluding carboxylic acids is 1. The van der Waals surface area contributed by atoms with Gasteiger partial charge in [-0.2, -0.15) is 10.2 Å². The Balaban J connectivity index is 1.41. The van der Waals surface area contributed by atoms with Crippen LogP contribution in [-0.2, 0) is 13.5 Å². The standard InChI is InChI=1S/C21H17F2N9O2/c1-30-9-11(8-26-30)19-27-28-20(34-19)21(33)31-6-4-13-16(25-10-24-13)17(31)14-7-15-12(18(22)23)3-2-5-32(15)29-14/h2-3,5,7-10,17-18H,4,6H2,1H3,(H,24,25). The Morgan fingerprint density at radius 1 is 1.32 bits per heavy atom. The molecule has 0 bridgehead atoms. The van der Waals surface area contributed by atoms with Crippen LogP contribution in [0.4, 0.5) is 8.78 Å². The van der Waals surface area contributed by atoms with E-state index in [1.165, 1.54) is 21.5 Å². The molecule has 172 valence electrons. The SMILES string of the molecule is Cn1cc(-c2nnc(C(=O)N3CCc4[nH]cnc4C3c3cc4c(C(F)F)cccn4n3)o2)cn1. The monoisotopic (exact) mass is 465 g/mol. The molecule has 34 heavy (non-hydrogen) atoms. The second kappa shape index (κ2) is 7.57. The summed E-state index contributed by atoms with van der Waals surface area (Å²) in [5.41, 5.74) is 2.55. The van der Waals surface area contributed by atoms with Gasteiger partial charge in [-0.25, -0.2) is 18.3 Å².